The van der Waals surface area contributed by atoms with Crippen molar-refractivity contribution in [3.8, 4) is 0 Å². The Labute approximate surface area is 129 Å². The molecule has 0 amide bonds. The van der Waals surface area contributed by atoms with E-state index in [4.69, 9.17) is 16.7 Å². The highest BCUT2D eigenvalue weighted by Gasteiger charge is 2.09. The highest BCUT2D eigenvalue weighted by Crippen LogP contribution is 2.18. The van der Waals surface area contributed by atoms with Crippen molar-refractivity contribution in [3.05, 3.63) is 70.2 Å². The van der Waals surface area contributed by atoms with E-state index in [1.54, 1.807) is 0 Å². The number of rotatable bonds is 6. The van der Waals surface area contributed by atoms with E-state index in [1.807, 2.05) is 48.5 Å². The lowest BCUT2D eigenvalue weighted by Gasteiger charge is -2.16. The second kappa shape index (κ2) is 7.25. The van der Waals surface area contributed by atoms with Crippen LogP contribution >= 0.6 is 11.6 Å². The van der Waals surface area contributed by atoms with Crippen LogP contribution in [-0.2, 0) is 17.8 Å². The van der Waals surface area contributed by atoms with Crippen LogP contribution in [0.4, 0.5) is 0 Å². The van der Waals surface area contributed by atoms with Gasteiger partial charge in [0.25, 0.3) is 0 Å². The number of benzene rings is 2. The van der Waals surface area contributed by atoms with Crippen LogP contribution in [0.2, 0.25) is 5.02 Å². The first-order valence-electron chi connectivity index (χ1n) is 6.83. The largest absolute Gasteiger partial charge is 0.481 e. The summed E-state index contributed by atoms with van der Waals surface area (Å²) < 4.78 is 0. The molecule has 0 aliphatic rings. The summed E-state index contributed by atoms with van der Waals surface area (Å²) in [7, 11) is 0. The van der Waals surface area contributed by atoms with Crippen LogP contribution in [0.5, 0.6) is 0 Å². The molecule has 4 heteroatoms. The fourth-order valence-electron chi connectivity index (χ4n) is 2.22. The Morgan fingerprint density at radius 3 is 2.57 bits per heavy atom. The molecule has 0 saturated heterocycles. The Morgan fingerprint density at radius 2 is 1.90 bits per heavy atom. The zero-order valence-corrected chi connectivity index (χ0v) is 12.6. The van der Waals surface area contributed by atoms with Crippen molar-refractivity contribution in [1.29, 1.82) is 0 Å². The molecule has 0 saturated carbocycles. The number of hydrogen-bond donors (Lipinski definition) is 2. The Kier molecular flexibility index (Phi) is 5.37. The molecule has 2 aromatic carbocycles. The van der Waals surface area contributed by atoms with Crippen LogP contribution in [0, 0.1) is 0 Å². The maximum atomic E-state index is 10.9. The summed E-state index contributed by atoms with van der Waals surface area (Å²) in [5.74, 6) is -0.815. The van der Waals surface area contributed by atoms with Crippen molar-refractivity contribution in [2.45, 2.75) is 25.9 Å². The zero-order valence-electron chi connectivity index (χ0n) is 11.8. The smallest absolute Gasteiger partial charge is 0.307 e. The van der Waals surface area contributed by atoms with E-state index in [0.717, 1.165) is 16.7 Å². The summed E-state index contributed by atoms with van der Waals surface area (Å²) in [4.78, 5) is 10.9. The Hall–Kier alpha value is -1.84. The molecule has 0 aliphatic heterocycles. The van der Waals surface area contributed by atoms with Gasteiger partial charge in [0.1, 0.15) is 0 Å². The molecule has 21 heavy (non-hydrogen) atoms. The Balaban J connectivity index is 2.04. The van der Waals surface area contributed by atoms with Crippen LogP contribution in [0.25, 0.3) is 0 Å². The number of halogens is 1. The second-order valence-electron chi connectivity index (χ2n) is 5.00. The first-order chi connectivity index (χ1) is 10.1. The van der Waals surface area contributed by atoms with Crippen molar-refractivity contribution < 1.29 is 9.90 Å². The molecule has 0 aromatic heterocycles. The average molecular weight is 304 g/mol. The maximum absolute atomic E-state index is 10.9. The fraction of sp³-hybridized carbons (Fsp3) is 0.235. The molecule has 2 rings (SSSR count). The van der Waals surface area contributed by atoms with E-state index in [0.29, 0.717) is 11.6 Å². The SMILES string of the molecule is CC(NCc1ccccc1CC(=O)O)c1cccc(Cl)c1. The van der Waals surface area contributed by atoms with Crippen molar-refractivity contribution in [2.24, 2.45) is 0 Å². The molecular formula is C17H18ClNO2. The topological polar surface area (TPSA) is 49.3 Å². The summed E-state index contributed by atoms with van der Waals surface area (Å²) in [5.41, 5.74) is 2.96. The maximum Gasteiger partial charge on any atom is 0.307 e. The first kappa shape index (κ1) is 15.5. The normalized spacial score (nSPS) is 12.1. The van der Waals surface area contributed by atoms with Gasteiger partial charge in [-0.05, 0) is 35.7 Å². The lowest BCUT2D eigenvalue weighted by Crippen LogP contribution is -2.19. The van der Waals surface area contributed by atoms with Gasteiger partial charge in [-0.2, -0.15) is 0 Å². The number of carboxylic acids is 1. The highest BCUT2D eigenvalue weighted by atomic mass is 35.5. The molecule has 2 N–H and O–H groups in total. The fourth-order valence-corrected chi connectivity index (χ4v) is 2.42. The van der Waals surface area contributed by atoms with E-state index in [2.05, 4.69) is 12.2 Å². The summed E-state index contributed by atoms with van der Waals surface area (Å²) in [6, 6.07) is 15.5. The zero-order chi connectivity index (χ0) is 15.2. The minimum absolute atomic E-state index is 0.0450. The van der Waals surface area contributed by atoms with Gasteiger partial charge in [0.05, 0.1) is 6.42 Å². The minimum atomic E-state index is -0.815. The average Bonchev–Trinajstić information content (AvgIpc) is 2.45. The number of aliphatic carboxylic acids is 1. The van der Waals surface area contributed by atoms with Gasteiger partial charge in [-0.1, -0.05) is 48.0 Å². The van der Waals surface area contributed by atoms with Crippen LogP contribution in [-0.4, -0.2) is 11.1 Å². The third-order valence-electron chi connectivity index (χ3n) is 3.41. The number of hydrogen-bond acceptors (Lipinski definition) is 2. The first-order valence-corrected chi connectivity index (χ1v) is 7.21. The predicted molar refractivity (Wildman–Crippen MR) is 84.5 cm³/mol. The van der Waals surface area contributed by atoms with Crippen molar-refractivity contribution in [1.82, 2.24) is 5.32 Å². The van der Waals surface area contributed by atoms with Crippen LogP contribution < -0.4 is 5.32 Å². The minimum Gasteiger partial charge on any atom is -0.481 e. The molecular weight excluding hydrogens is 286 g/mol. The van der Waals surface area contributed by atoms with Gasteiger partial charge in [0.15, 0.2) is 0 Å². The van der Waals surface area contributed by atoms with E-state index in [9.17, 15) is 4.79 Å². The lowest BCUT2D eigenvalue weighted by molar-refractivity contribution is -0.136. The molecule has 2 aromatic rings. The van der Waals surface area contributed by atoms with Gasteiger partial charge in [-0.15, -0.1) is 0 Å². The molecule has 1 atom stereocenters. The van der Waals surface area contributed by atoms with Crippen LogP contribution in [0.1, 0.15) is 29.7 Å². The summed E-state index contributed by atoms with van der Waals surface area (Å²) in [6.07, 6.45) is 0.0450. The second-order valence-corrected chi connectivity index (χ2v) is 5.43. The van der Waals surface area contributed by atoms with Crippen LogP contribution in [0.15, 0.2) is 48.5 Å². The van der Waals surface area contributed by atoms with Gasteiger partial charge in [0.2, 0.25) is 0 Å². The molecule has 0 radical (unpaired) electrons. The number of carboxylic acid groups (broad SMARTS) is 1. The third-order valence-corrected chi connectivity index (χ3v) is 3.64. The lowest BCUT2D eigenvalue weighted by atomic mass is 10.0. The summed E-state index contributed by atoms with van der Waals surface area (Å²) in [5, 5.41) is 13.1. The molecule has 110 valence electrons. The Bertz CT molecular complexity index is 628. The predicted octanol–water partition coefficient (Wildman–Crippen LogP) is 3.82. The van der Waals surface area contributed by atoms with Crippen LogP contribution in [0.3, 0.4) is 0 Å². The molecule has 0 heterocycles. The van der Waals surface area contributed by atoms with Gasteiger partial charge < -0.3 is 10.4 Å². The molecule has 0 aliphatic carbocycles. The number of nitrogens with one attached hydrogen (secondary N) is 1. The molecule has 0 spiro atoms. The molecule has 0 fully saturated rings. The van der Waals surface area contributed by atoms with Crippen molar-refractivity contribution in [2.75, 3.05) is 0 Å². The Morgan fingerprint density at radius 1 is 1.19 bits per heavy atom. The van der Waals surface area contributed by atoms with Gasteiger partial charge in [0, 0.05) is 17.6 Å². The third kappa shape index (κ3) is 4.59. The summed E-state index contributed by atoms with van der Waals surface area (Å²) >= 11 is 6.00. The van der Waals surface area contributed by atoms with E-state index >= 15 is 0 Å². The van der Waals surface area contributed by atoms with Gasteiger partial charge in [-0.25, -0.2) is 0 Å². The van der Waals surface area contributed by atoms with E-state index in [-0.39, 0.29) is 12.5 Å². The molecule has 3 nitrogen and oxygen atoms in total. The quantitative estimate of drug-likeness (QED) is 0.853. The molecule has 1 unspecified atom stereocenters. The summed E-state index contributed by atoms with van der Waals surface area (Å²) in [6.45, 7) is 2.68. The van der Waals surface area contributed by atoms with Crippen molar-refractivity contribution in [3.63, 3.8) is 0 Å². The number of carbonyl (C=O) groups is 1. The monoisotopic (exact) mass is 303 g/mol. The highest BCUT2D eigenvalue weighted by molar-refractivity contribution is 6.30. The standard InChI is InChI=1S/C17H18ClNO2/c1-12(13-7-4-8-16(18)9-13)19-11-15-6-3-2-5-14(15)10-17(20)21/h2-9,12,19H,10-11H2,1H3,(H,20,21). The molecule has 0 bridgehead atoms. The van der Waals surface area contributed by atoms with E-state index in [1.165, 1.54) is 0 Å². The van der Waals surface area contributed by atoms with Crippen molar-refractivity contribution >= 4 is 17.6 Å². The van der Waals surface area contributed by atoms with Gasteiger partial charge >= 0.3 is 5.97 Å². The van der Waals surface area contributed by atoms with E-state index < -0.39 is 5.97 Å². The van der Waals surface area contributed by atoms with Gasteiger partial charge in [-0.3, -0.25) is 4.79 Å².